The summed E-state index contributed by atoms with van der Waals surface area (Å²) in [6.45, 7) is 45.1. The van der Waals surface area contributed by atoms with E-state index in [-0.39, 0.29) is 76.0 Å². The minimum atomic E-state index is -0.719. The zero-order chi connectivity index (χ0) is 93.1. The van der Waals surface area contributed by atoms with Gasteiger partial charge in [0, 0.05) is 84.9 Å². The highest BCUT2D eigenvalue weighted by Gasteiger charge is 2.62. The molecule has 18 atom stereocenters. The number of pyridine rings is 1. The van der Waals surface area contributed by atoms with Crippen molar-refractivity contribution < 1.29 is 42.6 Å². The van der Waals surface area contributed by atoms with Gasteiger partial charge in [-0.25, -0.2) is 19.3 Å². The number of nitrogens with one attached hydrogen (secondary N) is 11. The summed E-state index contributed by atoms with van der Waals surface area (Å²) in [7, 11) is 3.78. The molecule has 702 valence electrons. The number of imidazole rings is 1. The van der Waals surface area contributed by atoms with E-state index in [4.69, 9.17) is 30.0 Å². The van der Waals surface area contributed by atoms with Crippen LogP contribution >= 0.6 is 0 Å². The molecule has 32 heteroatoms. The largest absolute Gasteiger partial charge is 0.491 e. The molecule has 6 aliphatic carbocycles. The molecule has 12 fully saturated rings. The Bertz CT molecular complexity index is 5560. The molecular weight excluding hydrogens is 1660 g/mol. The van der Waals surface area contributed by atoms with E-state index < -0.39 is 22.3 Å². The Hall–Kier alpha value is -10.5. The zero-order valence-electron chi connectivity index (χ0n) is 79.3. The van der Waals surface area contributed by atoms with Crippen LogP contribution in [0.15, 0.2) is 121 Å². The van der Waals surface area contributed by atoms with Gasteiger partial charge in [0.25, 0.3) is 0 Å². The predicted octanol–water partition coefficient (Wildman–Crippen LogP) is 7.89. The van der Waals surface area contributed by atoms with E-state index in [1.165, 1.54) is 23.3 Å². The monoisotopic (exact) mass is 1790 g/mol. The lowest BCUT2D eigenvalue weighted by Gasteiger charge is -2.27. The maximum atomic E-state index is 14.3. The van der Waals surface area contributed by atoms with Crippen LogP contribution in [0.3, 0.4) is 0 Å². The standard InChI is InChI=1S/C18H25N5.C17H21FN4O.C17H24N2O2.C16H24N4O2.C16H20N4O.C15H22N4O2/c1-10-5-6-14-11(7-10)16(22-23(14)4)18(2,3)21-17(19)15-12-8-20-9-13(12)15;1-17(2,20-16(23)13-9-7-19-8-10(9)13)15-14-11(18)5-4-6-12(14)22(3)21-15;1-11-6-4-5-7-14(11)21-10-17(2,3)19-16(20)15-12-8-18-9-13(12)15;1-10-4-6-18-20-15(10)22-7-5-16(2,3)19-14(21)13-11-8-17-9-12(11)13;1-16(2,15-18-7-10-5-3-4-6-20(10)15)19-14(21)13-11-8-17-9-12(11)13;1-9-4-17-8-18-12(9)7-21-15(2,3)19-14(20)13-10-5-16-6-11(10)13/h5-7,12-13,15,20H,8-9H2,1-4H3,(H2,19,21);4-6,9-10,13,19H,7-8H2,1-3H3,(H,20,23);4-7,12-13,15,18H,8-10H2,1-3H3,(H,19,20);4,6,11-13,17H,5,7-9H2,1-3H3,(H,19,21);3-7,11-13,17H,8-9H2,1-2H3,(H,19,21);4,8,10-11,13,16H,5-7H2,1-3H3,(H,19,20)/t12-,13+,15?;9-,10+,13?;12-,13+,15?;2*11-,12+,13?;10-,11+,13?. The molecule has 5 amide bonds. The molecule has 0 radical (unpaired) electrons. The average molecular weight is 1800 g/mol. The number of carbonyl (C=O) groups excluding carboxylic acids is 5. The number of carbonyl (C=O) groups is 5. The molecule has 9 aromatic rings. The van der Waals surface area contributed by atoms with Crippen LogP contribution in [-0.2, 0) is 66.0 Å². The molecule has 6 aromatic heterocycles. The number of para-hydroxylation sites is 1. The molecule has 12 heterocycles. The van der Waals surface area contributed by atoms with Gasteiger partial charge in [0.1, 0.15) is 41.6 Å². The number of ether oxygens (including phenoxy) is 3. The Kier molecular flexibility index (Phi) is 26.9. The number of piperidine rings is 6. The highest BCUT2D eigenvalue weighted by atomic mass is 19.1. The quantitative estimate of drug-likeness (QED) is 0.0147. The van der Waals surface area contributed by atoms with Gasteiger partial charge in [-0.2, -0.15) is 15.3 Å². The average Bonchev–Trinajstić information content (AvgIpc) is 1.66. The Morgan fingerprint density at radius 3 is 1.55 bits per heavy atom. The molecule has 6 saturated heterocycles. The molecule has 31 nitrogen and oxygen atoms in total. The summed E-state index contributed by atoms with van der Waals surface area (Å²) in [6, 6.07) is 27.2. The number of aliphatic imine (C=N–C) groups is 1. The lowest BCUT2D eigenvalue weighted by atomic mass is 9.96. The summed E-state index contributed by atoms with van der Waals surface area (Å²) in [4.78, 5) is 79.5. The first-order valence-electron chi connectivity index (χ1n) is 47.0. The van der Waals surface area contributed by atoms with Crippen molar-refractivity contribution in [3.05, 3.63) is 167 Å². The molecule has 0 spiro atoms. The third kappa shape index (κ3) is 21.0. The first kappa shape index (κ1) is 93.7. The highest BCUT2D eigenvalue weighted by molar-refractivity contribution is 5.90. The summed E-state index contributed by atoms with van der Waals surface area (Å²) in [5.41, 5.74) is 13.1. The van der Waals surface area contributed by atoms with Crippen molar-refractivity contribution >= 4 is 62.7 Å². The number of aromatic nitrogens is 10. The molecule has 6 saturated carbocycles. The van der Waals surface area contributed by atoms with Crippen molar-refractivity contribution in [1.29, 1.82) is 0 Å². The fourth-order valence-corrected chi connectivity index (χ4v) is 21.3. The van der Waals surface area contributed by atoms with Crippen molar-refractivity contribution in [2.45, 2.75) is 157 Å². The number of benzene rings is 3. The SMILES string of the molecule is CC(C)(NC(=O)C1[C@H]2CNC[C@@H]12)c1ncc2ccccn12.Cc1ccc2c(c1)c(C(C)(C)N=C(N)C1[C@H]3CNC[C@@H]13)nn2C.Cc1ccccc1OCC(C)(C)NC(=O)C1[C@H]2CNC[C@@H]12.Cc1ccnnc1OCCC(C)(C)NC(=O)C1[C@H]2CNC[C@@H]12.Cc1cncnc1COC(C)(C)NC(=O)C1[C@H]2CNC[C@@H]12.Cn1nc(C(C)(C)NC(=O)C2[C@H]3CNC[C@@H]23)c2c(F)cccc21. The number of aryl methyl sites for hydroxylation is 6. The molecule has 131 heavy (non-hydrogen) atoms. The van der Waals surface area contributed by atoms with E-state index in [2.05, 4.69) is 128 Å². The molecule has 0 bridgehead atoms. The van der Waals surface area contributed by atoms with Gasteiger partial charge in [0.05, 0.1) is 87.1 Å². The van der Waals surface area contributed by atoms with Gasteiger partial charge in [-0.1, -0.05) is 42.0 Å². The van der Waals surface area contributed by atoms with Gasteiger partial charge >= 0.3 is 0 Å². The van der Waals surface area contributed by atoms with Crippen molar-refractivity contribution in [3.8, 4) is 11.6 Å². The fourth-order valence-electron chi connectivity index (χ4n) is 21.3. The van der Waals surface area contributed by atoms with Crippen molar-refractivity contribution in [1.82, 2.24) is 108 Å². The highest BCUT2D eigenvalue weighted by Crippen LogP contribution is 2.54. The molecule has 21 rings (SSSR count). The van der Waals surface area contributed by atoms with Gasteiger partial charge in [-0.3, -0.25) is 38.3 Å². The van der Waals surface area contributed by atoms with Crippen LogP contribution in [0.5, 0.6) is 11.6 Å². The zero-order valence-corrected chi connectivity index (χ0v) is 79.3. The number of amidine groups is 1. The Labute approximate surface area is 767 Å². The fraction of sp³-hybridized carbons (Fsp3) is 0.586. The maximum absolute atomic E-state index is 14.3. The number of fused-ring (bicyclic) bond motifs is 9. The van der Waals surface area contributed by atoms with E-state index in [1.54, 1.807) is 30.2 Å². The van der Waals surface area contributed by atoms with Crippen LogP contribution in [0.25, 0.3) is 27.3 Å². The van der Waals surface area contributed by atoms with E-state index in [1.807, 2.05) is 173 Å². The topological polar surface area (TPSA) is 388 Å². The third-order valence-corrected chi connectivity index (χ3v) is 29.1. The van der Waals surface area contributed by atoms with Crippen LogP contribution in [0, 0.1) is 140 Å². The van der Waals surface area contributed by atoms with Crippen molar-refractivity contribution in [2.24, 2.45) is 131 Å². The third-order valence-electron chi connectivity index (χ3n) is 29.1. The van der Waals surface area contributed by atoms with Gasteiger partial charge < -0.3 is 82.8 Å². The summed E-state index contributed by atoms with van der Waals surface area (Å²) < 4.78 is 37.3. The van der Waals surface area contributed by atoms with E-state index in [0.717, 1.165) is 147 Å². The van der Waals surface area contributed by atoms with Crippen LogP contribution < -0.4 is 73.7 Å². The van der Waals surface area contributed by atoms with Crippen LogP contribution in [0.2, 0.25) is 0 Å². The van der Waals surface area contributed by atoms with Gasteiger partial charge in [-0.15, -0.1) is 5.10 Å². The number of hydrogen-bond donors (Lipinski definition) is 12. The second-order valence-electron chi connectivity index (χ2n) is 41.9. The molecular formula is C99H136FN23O8. The summed E-state index contributed by atoms with van der Waals surface area (Å²) >= 11 is 0. The Morgan fingerprint density at radius 2 is 1.01 bits per heavy atom. The first-order valence-corrected chi connectivity index (χ1v) is 47.0. The molecule has 3 aromatic carbocycles. The predicted molar refractivity (Wildman–Crippen MR) is 500 cm³/mol. The first-order chi connectivity index (χ1) is 62.3. The van der Waals surface area contributed by atoms with E-state index in [0.29, 0.717) is 114 Å². The number of halogens is 1. The van der Waals surface area contributed by atoms with Gasteiger partial charge in [0.2, 0.25) is 35.4 Å². The number of nitrogens with zero attached hydrogens (tertiary/aromatic N) is 11. The lowest BCUT2D eigenvalue weighted by molar-refractivity contribution is -0.134. The van der Waals surface area contributed by atoms with Gasteiger partial charge in [0.15, 0.2) is 0 Å². The van der Waals surface area contributed by atoms with Crippen molar-refractivity contribution in [2.75, 3.05) is 91.8 Å². The minimum absolute atomic E-state index is 0.0571. The molecule has 6 aliphatic heterocycles. The summed E-state index contributed by atoms with van der Waals surface area (Å²) in [6.07, 6.45) is 9.48. The molecule has 6 unspecified atom stereocenters. The van der Waals surface area contributed by atoms with Crippen LogP contribution in [0.1, 0.15) is 135 Å². The summed E-state index contributed by atoms with van der Waals surface area (Å²) in [5.74, 6) is 11.5. The number of nitrogens with two attached hydrogens (primary N) is 1. The number of amides is 5. The van der Waals surface area contributed by atoms with Crippen LogP contribution in [-0.4, -0.2) is 193 Å². The Morgan fingerprint density at radius 1 is 0.511 bits per heavy atom. The summed E-state index contributed by atoms with van der Waals surface area (Å²) in [5, 5.41) is 54.2. The minimum Gasteiger partial charge on any atom is -0.491 e. The molecule has 13 N–H and O–H groups in total. The second kappa shape index (κ2) is 37.5. The smallest absolute Gasteiger partial charge is 0.236 e. The number of hydrogen-bond acceptors (Lipinski definition) is 22. The second-order valence-corrected chi connectivity index (χ2v) is 41.9. The number of rotatable bonds is 25. The van der Waals surface area contributed by atoms with Crippen molar-refractivity contribution in [3.63, 3.8) is 0 Å². The molecule has 12 aliphatic rings. The maximum Gasteiger partial charge on any atom is 0.236 e. The lowest BCUT2D eigenvalue weighted by Crippen LogP contribution is -2.49. The van der Waals surface area contributed by atoms with E-state index >= 15 is 0 Å². The normalized spacial score (nSPS) is 27.0. The van der Waals surface area contributed by atoms with E-state index in [9.17, 15) is 28.4 Å². The van der Waals surface area contributed by atoms with Gasteiger partial charge in [-0.05, 0) is 320 Å². The van der Waals surface area contributed by atoms with Crippen LogP contribution in [0.4, 0.5) is 4.39 Å². The Balaban J connectivity index is 0.000000115.